The predicted octanol–water partition coefficient (Wildman–Crippen LogP) is 1.31. The summed E-state index contributed by atoms with van der Waals surface area (Å²) in [5.41, 5.74) is 2.39. The van der Waals surface area contributed by atoms with E-state index in [0.717, 1.165) is 48.3 Å². The number of aryl methyl sites for hydroxylation is 1. The van der Waals surface area contributed by atoms with Gasteiger partial charge >= 0.3 is 0 Å². The summed E-state index contributed by atoms with van der Waals surface area (Å²) in [5, 5.41) is 13.0. The Kier molecular flexibility index (Phi) is 6.43. The van der Waals surface area contributed by atoms with Gasteiger partial charge in [0.2, 0.25) is 0 Å². The van der Waals surface area contributed by atoms with Gasteiger partial charge in [-0.25, -0.2) is 19.3 Å². The molecule has 2 aliphatic rings. The number of hydrogen-bond acceptors (Lipinski definition) is 8. The maximum Gasteiger partial charge on any atom is 0.278 e. The molecule has 39 heavy (non-hydrogen) atoms. The average molecular weight is 527 g/mol. The number of piperidine rings is 1. The standard InChI is InChI=1S/C28H34N10O/c1-5-13-37-27(39)22-18-35(3)28(31-21-9-10-23-19(16-21)17-29-36(23)4)33-26(22)38(37)25-8-6-7-24(32-25)30-20-11-14-34(2)15-12-20/h5-10,16-18,20,28,31H,1,11-15H2,2-4H3,(H,30,32). The number of nitrogens with one attached hydrogen (secondary N) is 2. The van der Waals surface area contributed by atoms with Crippen LogP contribution in [0.15, 0.2) is 65.0 Å². The number of aromatic nitrogens is 5. The monoisotopic (exact) mass is 526 g/mol. The smallest absolute Gasteiger partial charge is 0.278 e. The zero-order chi connectivity index (χ0) is 27.1. The highest BCUT2D eigenvalue weighted by Gasteiger charge is 2.22. The summed E-state index contributed by atoms with van der Waals surface area (Å²) in [7, 11) is 5.99. The molecule has 5 heterocycles. The largest absolute Gasteiger partial charge is 0.367 e. The van der Waals surface area contributed by atoms with Gasteiger partial charge in [0.15, 0.2) is 17.6 Å². The molecule has 3 aromatic heterocycles. The van der Waals surface area contributed by atoms with Crippen LogP contribution in [0.25, 0.3) is 22.9 Å². The Hall–Kier alpha value is -4.38. The molecular weight excluding hydrogens is 492 g/mol. The van der Waals surface area contributed by atoms with Crippen molar-refractivity contribution in [3.05, 3.63) is 76.3 Å². The summed E-state index contributed by atoms with van der Waals surface area (Å²) in [4.78, 5) is 27.7. The van der Waals surface area contributed by atoms with Gasteiger partial charge in [-0.2, -0.15) is 5.10 Å². The lowest BCUT2D eigenvalue weighted by atomic mass is 10.1. The van der Waals surface area contributed by atoms with E-state index in [9.17, 15) is 4.79 Å². The van der Waals surface area contributed by atoms with E-state index in [2.05, 4.69) is 40.3 Å². The second-order valence-electron chi connectivity index (χ2n) is 10.3. The molecule has 0 amide bonds. The number of anilines is 2. The molecule has 202 valence electrons. The third-order valence-corrected chi connectivity index (χ3v) is 7.48. The van der Waals surface area contributed by atoms with Crippen LogP contribution in [0.1, 0.15) is 12.8 Å². The first-order valence-electron chi connectivity index (χ1n) is 13.3. The Morgan fingerprint density at radius 1 is 1.10 bits per heavy atom. The third kappa shape index (κ3) is 4.69. The van der Waals surface area contributed by atoms with Crippen molar-refractivity contribution in [3.63, 3.8) is 0 Å². The van der Waals surface area contributed by atoms with Crippen molar-refractivity contribution in [1.82, 2.24) is 33.9 Å². The van der Waals surface area contributed by atoms with Crippen LogP contribution in [-0.4, -0.2) is 73.4 Å². The maximum atomic E-state index is 13.5. The lowest BCUT2D eigenvalue weighted by molar-refractivity contribution is 0.263. The summed E-state index contributed by atoms with van der Waals surface area (Å²) in [6.07, 6.45) is 7.12. The van der Waals surface area contributed by atoms with Gasteiger partial charge in [0, 0.05) is 37.4 Å². The van der Waals surface area contributed by atoms with E-state index in [1.165, 1.54) is 0 Å². The van der Waals surface area contributed by atoms with Gasteiger partial charge in [0.1, 0.15) is 11.0 Å². The molecule has 11 heteroatoms. The Morgan fingerprint density at radius 3 is 2.72 bits per heavy atom. The van der Waals surface area contributed by atoms with E-state index in [-0.39, 0.29) is 5.56 Å². The minimum atomic E-state index is -0.419. The zero-order valence-electron chi connectivity index (χ0n) is 22.6. The molecular formula is C28H34N10O. The summed E-state index contributed by atoms with van der Waals surface area (Å²) in [5.74, 6) is 1.42. The van der Waals surface area contributed by atoms with E-state index >= 15 is 0 Å². The molecule has 0 radical (unpaired) electrons. The molecule has 11 nitrogen and oxygen atoms in total. The fourth-order valence-electron chi connectivity index (χ4n) is 5.31. The van der Waals surface area contributed by atoms with Gasteiger partial charge in [0.25, 0.3) is 5.56 Å². The molecule has 0 spiro atoms. The molecule has 2 N–H and O–H groups in total. The first kappa shape index (κ1) is 24.9. The minimum absolute atomic E-state index is 0.133. The van der Waals surface area contributed by atoms with Gasteiger partial charge in [-0.3, -0.25) is 9.48 Å². The number of hydrogen-bond donors (Lipinski definition) is 2. The van der Waals surface area contributed by atoms with Gasteiger partial charge in [-0.15, -0.1) is 6.58 Å². The van der Waals surface area contributed by atoms with Crippen molar-refractivity contribution in [1.29, 1.82) is 0 Å². The van der Waals surface area contributed by atoms with E-state index in [1.807, 2.05) is 71.1 Å². The first-order valence-corrected chi connectivity index (χ1v) is 13.3. The number of rotatable bonds is 7. The van der Waals surface area contributed by atoms with Crippen LogP contribution < -0.4 is 26.9 Å². The quantitative estimate of drug-likeness (QED) is 0.350. The summed E-state index contributed by atoms with van der Waals surface area (Å²) in [6, 6.07) is 12.3. The van der Waals surface area contributed by atoms with Gasteiger partial charge < -0.3 is 20.4 Å². The highest BCUT2D eigenvalue weighted by Crippen LogP contribution is 2.20. The molecule has 1 aromatic carbocycles. The van der Waals surface area contributed by atoms with E-state index in [1.54, 1.807) is 10.8 Å². The van der Waals surface area contributed by atoms with Crippen LogP contribution >= 0.6 is 0 Å². The summed E-state index contributed by atoms with van der Waals surface area (Å²) >= 11 is 0. The van der Waals surface area contributed by atoms with Crippen LogP contribution in [0, 0.1) is 0 Å². The molecule has 0 saturated carbocycles. The first-order chi connectivity index (χ1) is 18.9. The minimum Gasteiger partial charge on any atom is -0.367 e. The fraction of sp³-hybridized carbons (Fsp3) is 0.357. The van der Waals surface area contributed by atoms with Crippen molar-refractivity contribution in [2.45, 2.75) is 31.7 Å². The van der Waals surface area contributed by atoms with E-state index in [4.69, 9.17) is 9.98 Å². The molecule has 1 fully saturated rings. The number of fused-ring (bicyclic) bond motifs is 2. The molecule has 0 bridgehead atoms. The topological polar surface area (TPSA) is 101 Å². The van der Waals surface area contributed by atoms with E-state index < -0.39 is 6.29 Å². The van der Waals surface area contributed by atoms with Crippen LogP contribution in [0.5, 0.6) is 0 Å². The normalized spacial score (nSPS) is 17.9. The van der Waals surface area contributed by atoms with Crippen LogP contribution in [0.3, 0.4) is 0 Å². The number of nitrogens with zero attached hydrogens (tertiary/aromatic N) is 8. The van der Waals surface area contributed by atoms with Gasteiger partial charge in [-0.05, 0) is 63.3 Å². The maximum absolute atomic E-state index is 13.5. The number of allylic oxidation sites excluding steroid dienone is 1. The lowest BCUT2D eigenvalue weighted by Crippen LogP contribution is -2.48. The molecule has 2 aliphatic heterocycles. The Morgan fingerprint density at radius 2 is 1.92 bits per heavy atom. The van der Waals surface area contributed by atoms with Crippen LogP contribution in [-0.2, 0) is 13.6 Å². The van der Waals surface area contributed by atoms with Crippen LogP contribution in [0.2, 0.25) is 0 Å². The third-order valence-electron chi connectivity index (χ3n) is 7.48. The highest BCUT2D eigenvalue weighted by molar-refractivity contribution is 5.82. The van der Waals surface area contributed by atoms with Crippen molar-refractivity contribution in [2.24, 2.45) is 12.0 Å². The second-order valence-corrected chi connectivity index (χ2v) is 10.3. The van der Waals surface area contributed by atoms with Crippen LogP contribution in [0.4, 0.5) is 11.5 Å². The molecule has 1 saturated heterocycles. The lowest BCUT2D eigenvalue weighted by Gasteiger charge is -2.29. The fourth-order valence-corrected chi connectivity index (χ4v) is 5.31. The molecule has 0 aliphatic carbocycles. The number of benzene rings is 1. The van der Waals surface area contributed by atoms with Gasteiger partial charge in [-0.1, -0.05) is 12.1 Å². The van der Waals surface area contributed by atoms with Crippen molar-refractivity contribution in [2.75, 3.05) is 37.8 Å². The SMILES string of the molecule is C=CCn1c(=O)c2c(n1-c1cccc(NC3CCN(C)CC3)n1)=NC(Nc1ccc3c(cnn3C)c1)N(C)C=2. The average Bonchev–Trinajstić information content (AvgIpc) is 3.42. The molecule has 1 unspecified atom stereocenters. The second kappa shape index (κ2) is 10.1. The zero-order valence-corrected chi connectivity index (χ0v) is 22.6. The molecule has 1 atom stereocenters. The highest BCUT2D eigenvalue weighted by atomic mass is 16.1. The van der Waals surface area contributed by atoms with Crippen molar-refractivity contribution < 1.29 is 0 Å². The molecule has 6 rings (SSSR count). The molecule has 4 aromatic rings. The number of pyridine rings is 1. The van der Waals surface area contributed by atoms with Gasteiger partial charge in [0.05, 0.1) is 18.3 Å². The number of likely N-dealkylation sites (tertiary alicyclic amines) is 1. The summed E-state index contributed by atoms with van der Waals surface area (Å²) < 4.78 is 5.29. The van der Waals surface area contributed by atoms with Crippen molar-refractivity contribution in [3.8, 4) is 5.82 Å². The van der Waals surface area contributed by atoms with E-state index in [0.29, 0.717) is 29.1 Å². The Balaban J connectivity index is 1.38. The summed E-state index contributed by atoms with van der Waals surface area (Å²) in [6.45, 7) is 6.33. The predicted molar refractivity (Wildman–Crippen MR) is 153 cm³/mol. The Bertz CT molecular complexity index is 1710. The Labute approximate surface area is 226 Å². The van der Waals surface area contributed by atoms with Crippen molar-refractivity contribution >= 4 is 28.6 Å².